The fraction of sp³-hybridized carbons (Fsp3) is 0.591. The number of nitriles is 1. The molecular formula is C22H29N5O3. The van der Waals surface area contributed by atoms with Crippen LogP contribution in [0, 0.1) is 11.3 Å². The highest BCUT2D eigenvalue weighted by atomic mass is 16.5. The third kappa shape index (κ3) is 4.45. The van der Waals surface area contributed by atoms with Crippen molar-refractivity contribution in [3.8, 4) is 6.07 Å². The van der Waals surface area contributed by atoms with Gasteiger partial charge in [-0.15, -0.1) is 0 Å². The van der Waals surface area contributed by atoms with Crippen molar-refractivity contribution in [2.75, 3.05) is 6.61 Å². The predicted molar refractivity (Wildman–Crippen MR) is 112 cm³/mol. The maximum Gasteiger partial charge on any atom is 0.339 e. The minimum absolute atomic E-state index is 0.0877. The van der Waals surface area contributed by atoms with Gasteiger partial charge in [-0.05, 0) is 38.7 Å². The first-order valence-electron chi connectivity index (χ1n) is 10.5. The minimum atomic E-state index is -0.852. The highest BCUT2D eigenvalue weighted by molar-refractivity contribution is 6.03. The summed E-state index contributed by atoms with van der Waals surface area (Å²) in [5.41, 5.74) is 0.871. The molecule has 0 bridgehead atoms. The van der Waals surface area contributed by atoms with E-state index in [9.17, 15) is 14.9 Å². The molecule has 3 rings (SSSR count). The summed E-state index contributed by atoms with van der Waals surface area (Å²) < 4.78 is 7.08. The van der Waals surface area contributed by atoms with Crippen molar-refractivity contribution >= 4 is 22.9 Å². The molecule has 1 saturated carbocycles. The third-order valence-electron chi connectivity index (χ3n) is 5.52. The first-order chi connectivity index (χ1) is 14.3. The van der Waals surface area contributed by atoms with Crippen molar-refractivity contribution in [3.63, 3.8) is 0 Å². The van der Waals surface area contributed by atoms with Crippen LogP contribution in [0.1, 0.15) is 87.8 Å². The first kappa shape index (κ1) is 21.8. The quantitative estimate of drug-likeness (QED) is 0.727. The second-order valence-electron chi connectivity index (χ2n) is 8.55. The van der Waals surface area contributed by atoms with Crippen LogP contribution in [0.5, 0.6) is 0 Å². The lowest BCUT2D eigenvalue weighted by Crippen LogP contribution is -2.50. The second-order valence-corrected chi connectivity index (χ2v) is 8.55. The van der Waals surface area contributed by atoms with Crippen LogP contribution in [0.4, 0.5) is 0 Å². The summed E-state index contributed by atoms with van der Waals surface area (Å²) in [7, 11) is 0. The number of ether oxygens (including phenoxy) is 1. The van der Waals surface area contributed by atoms with Crippen LogP contribution in [0.3, 0.4) is 0 Å². The van der Waals surface area contributed by atoms with Gasteiger partial charge in [-0.3, -0.25) is 4.79 Å². The van der Waals surface area contributed by atoms with Crippen LogP contribution in [-0.2, 0) is 9.53 Å². The summed E-state index contributed by atoms with van der Waals surface area (Å²) >= 11 is 0. The normalized spacial score (nSPS) is 15.9. The predicted octanol–water partition coefficient (Wildman–Crippen LogP) is 3.64. The molecule has 8 nitrogen and oxygen atoms in total. The first-order valence-corrected chi connectivity index (χ1v) is 10.5. The van der Waals surface area contributed by atoms with Gasteiger partial charge in [0, 0.05) is 11.7 Å². The highest BCUT2D eigenvalue weighted by Crippen LogP contribution is 2.28. The maximum absolute atomic E-state index is 12.8. The van der Waals surface area contributed by atoms with Crippen molar-refractivity contribution in [1.29, 1.82) is 5.26 Å². The molecule has 0 unspecified atom stereocenters. The number of hydrogen-bond acceptors (Lipinski definition) is 6. The van der Waals surface area contributed by atoms with Crippen LogP contribution in [0.2, 0.25) is 0 Å². The van der Waals surface area contributed by atoms with E-state index in [2.05, 4.69) is 21.5 Å². The number of nitrogens with one attached hydrogen (secondary N) is 1. The molecule has 30 heavy (non-hydrogen) atoms. The van der Waals surface area contributed by atoms with E-state index in [0.29, 0.717) is 29.4 Å². The van der Waals surface area contributed by atoms with Crippen molar-refractivity contribution in [2.24, 2.45) is 0 Å². The Morgan fingerprint density at radius 3 is 2.57 bits per heavy atom. The van der Waals surface area contributed by atoms with Gasteiger partial charge in [-0.2, -0.15) is 10.4 Å². The summed E-state index contributed by atoms with van der Waals surface area (Å²) in [6.45, 7) is 7.56. The molecule has 1 aliphatic carbocycles. The standard InChI is InChI=1S/C22H29N5O3/c1-14(2)18-10-16(17-11-24-27(15(3)4)20(17)25-18)21(29)30-12-19(28)26-22(13-23)8-6-5-7-9-22/h10-11,14-15H,5-9,12H2,1-4H3,(H,26,28). The van der Waals surface area contributed by atoms with Crippen LogP contribution in [0.15, 0.2) is 12.3 Å². The van der Waals surface area contributed by atoms with Crippen molar-refractivity contribution < 1.29 is 14.3 Å². The fourth-order valence-corrected chi connectivity index (χ4v) is 3.81. The van der Waals surface area contributed by atoms with Crippen molar-refractivity contribution in [1.82, 2.24) is 20.1 Å². The Kier molecular flexibility index (Phi) is 6.40. The Labute approximate surface area is 176 Å². The Morgan fingerprint density at radius 2 is 1.97 bits per heavy atom. The third-order valence-corrected chi connectivity index (χ3v) is 5.52. The lowest BCUT2D eigenvalue weighted by Gasteiger charge is -2.31. The molecule has 0 atom stereocenters. The van der Waals surface area contributed by atoms with Crippen LogP contribution in [-0.4, -0.2) is 38.8 Å². The number of pyridine rings is 1. The summed E-state index contributed by atoms with van der Waals surface area (Å²) in [6.07, 6.45) is 5.73. The molecule has 8 heteroatoms. The van der Waals surface area contributed by atoms with Gasteiger partial charge in [-0.1, -0.05) is 33.1 Å². The molecule has 0 spiro atoms. The molecule has 0 saturated heterocycles. The SMILES string of the molecule is CC(C)c1cc(C(=O)OCC(=O)NC2(C#N)CCCCC2)c2cnn(C(C)C)c2n1. The molecule has 2 aromatic heterocycles. The van der Waals surface area contributed by atoms with E-state index in [-0.39, 0.29) is 12.0 Å². The van der Waals surface area contributed by atoms with Gasteiger partial charge >= 0.3 is 5.97 Å². The molecule has 1 fully saturated rings. The smallest absolute Gasteiger partial charge is 0.339 e. The number of fused-ring (bicyclic) bond motifs is 1. The minimum Gasteiger partial charge on any atom is -0.452 e. The monoisotopic (exact) mass is 411 g/mol. The zero-order valence-electron chi connectivity index (χ0n) is 18.1. The van der Waals surface area contributed by atoms with Crippen LogP contribution < -0.4 is 5.32 Å². The van der Waals surface area contributed by atoms with Gasteiger partial charge in [0.15, 0.2) is 12.3 Å². The number of esters is 1. The largest absolute Gasteiger partial charge is 0.452 e. The van der Waals surface area contributed by atoms with Gasteiger partial charge in [0.1, 0.15) is 5.54 Å². The molecule has 1 N–H and O–H groups in total. The van der Waals surface area contributed by atoms with Gasteiger partial charge < -0.3 is 10.1 Å². The molecule has 1 aliphatic rings. The Balaban J connectivity index is 1.78. The number of carbonyl (C=O) groups is 2. The van der Waals surface area contributed by atoms with Crippen molar-refractivity contribution in [2.45, 2.75) is 77.3 Å². The van der Waals surface area contributed by atoms with Gasteiger partial charge in [-0.25, -0.2) is 14.5 Å². The molecule has 0 radical (unpaired) electrons. The second kappa shape index (κ2) is 8.82. The fourth-order valence-electron chi connectivity index (χ4n) is 3.81. The summed E-state index contributed by atoms with van der Waals surface area (Å²) in [6, 6.07) is 4.03. The molecule has 160 valence electrons. The zero-order valence-corrected chi connectivity index (χ0v) is 18.1. The van der Waals surface area contributed by atoms with E-state index in [0.717, 1.165) is 25.0 Å². The van der Waals surface area contributed by atoms with Gasteiger partial charge in [0.2, 0.25) is 0 Å². The topological polar surface area (TPSA) is 110 Å². The average molecular weight is 412 g/mol. The Morgan fingerprint density at radius 1 is 1.27 bits per heavy atom. The molecule has 0 aliphatic heterocycles. The van der Waals surface area contributed by atoms with E-state index in [1.807, 2.05) is 27.7 Å². The summed E-state index contributed by atoms with van der Waals surface area (Å²) in [5, 5.41) is 17.2. The van der Waals surface area contributed by atoms with Crippen LogP contribution in [0.25, 0.3) is 11.0 Å². The number of carbonyl (C=O) groups excluding carboxylic acids is 2. The zero-order chi connectivity index (χ0) is 21.9. The van der Waals surface area contributed by atoms with Crippen molar-refractivity contribution in [3.05, 3.63) is 23.5 Å². The number of hydrogen-bond donors (Lipinski definition) is 1. The van der Waals surface area contributed by atoms with E-state index in [4.69, 9.17) is 4.74 Å². The Bertz CT molecular complexity index is 981. The molecule has 0 aromatic carbocycles. The summed E-state index contributed by atoms with van der Waals surface area (Å²) in [5.74, 6) is -0.946. The number of aromatic nitrogens is 3. The Hall–Kier alpha value is -2.95. The van der Waals surface area contributed by atoms with E-state index >= 15 is 0 Å². The molecule has 2 heterocycles. The van der Waals surface area contributed by atoms with E-state index in [1.165, 1.54) is 0 Å². The van der Waals surface area contributed by atoms with Gasteiger partial charge in [0.25, 0.3) is 5.91 Å². The molecular weight excluding hydrogens is 382 g/mol. The number of amides is 1. The maximum atomic E-state index is 12.8. The van der Waals surface area contributed by atoms with E-state index < -0.39 is 24.0 Å². The lowest BCUT2D eigenvalue weighted by atomic mass is 9.83. The van der Waals surface area contributed by atoms with Crippen LogP contribution >= 0.6 is 0 Å². The van der Waals surface area contributed by atoms with E-state index in [1.54, 1.807) is 16.9 Å². The number of rotatable bonds is 6. The average Bonchev–Trinajstić information content (AvgIpc) is 3.16. The van der Waals surface area contributed by atoms with Gasteiger partial charge in [0.05, 0.1) is 23.2 Å². The molecule has 1 amide bonds. The highest BCUT2D eigenvalue weighted by Gasteiger charge is 2.33. The molecule has 2 aromatic rings. The lowest BCUT2D eigenvalue weighted by molar-refractivity contribution is -0.125. The summed E-state index contributed by atoms with van der Waals surface area (Å²) in [4.78, 5) is 29.9. The number of nitrogens with zero attached hydrogens (tertiary/aromatic N) is 4.